The van der Waals surface area contributed by atoms with Crippen molar-refractivity contribution in [1.29, 1.82) is 0 Å². The lowest BCUT2D eigenvalue weighted by Crippen LogP contribution is -2.52. The summed E-state index contributed by atoms with van der Waals surface area (Å²) >= 11 is 0. The van der Waals surface area contributed by atoms with E-state index in [4.69, 9.17) is 22.4 Å². The molecule has 0 N–H and O–H groups in total. The van der Waals surface area contributed by atoms with E-state index in [2.05, 4.69) is 0 Å². The minimum Gasteiger partial charge on any atom is -0.521 e. The van der Waals surface area contributed by atoms with Crippen molar-refractivity contribution in [3.05, 3.63) is 48.5 Å². The first-order chi connectivity index (χ1) is 11.7. The van der Waals surface area contributed by atoms with Crippen LogP contribution in [0.5, 0.6) is 23.0 Å². The highest BCUT2D eigenvalue weighted by atomic mass is 28.5. The van der Waals surface area contributed by atoms with Crippen LogP contribution in [0, 0.1) is 0 Å². The molecule has 0 atom stereocenters. The molecule has 2 rings (SSSR count). The molecule has 25 heavy (non-hydrogen) atoms. The Labute approximate surface area is 152 Å². The molecule has 0 aliphatic rings. The molecular weight excluding hydrogens is 352 g/mol. The highest BCUT2D eigenvalue weighted by Gasteiger charge is 2.39. The monoisotopic (exact) mass is 378 g/mol. The quantitative estimate of drug-likeness (QED) is 0.629. The summed E-state index contributed by atoms with van der Waals surface area (Å²) in [7, 11) is -1.53. The Morgan fingerprint density at radius 1 is 0.520 bits per heavy atom. The molecule has 0 aliphatic heterocycles. The maximum atomic E-state index is 6.32. The van der Waals surface area contributed by atoms with E-state index < -0.39 is 17.1 Å². The first-order valence-corrected chi connectivity index (χ1v) is 13.7. The van der Waals surface area contributed by atoms with E-state index >= 15 is 0 Å². The van der Waals surface area contributed by atoms with Gasteiger partial charge in [0.05, 0.1) is 14.2 Å². The van der Waals surface area contributed by atoms with Crippen LogP contribution in [0.25, 0.3) is 0 Å². The Bertz CT molecular complexity index is 609. The topological polar surface area (TPSA) is 46.2 Å². The fraction of sp³-hybridized carbons (Fsp3) is 0.333. The predicted octanol–water partition coefficient (Wildman–Crippen LogP) is 4.58. The molecule has 0 fully saturated rings. The third-order valence-corrected chi connectivity index (χ3v) is 8.72. The van der Waals surface area contributed by atoms with Crippen molar-refractivity contribution in [2.75, 3.05) is 14.2 Å². The third-order valence-electron chi connectivity index (χ3n) is 3.34. The number of rotatable bonds is 8. The Morgan fingerprint density at radius 3 is 1.08 bits per heavy atom. The molecule has 7 heteroatoms. The molecule has 0 heterocycles. The van der Waals surface area contributed by atoms with Crippen LogP contribution in [0.3, 0.4) is 0 Å². The Balaban J connectivity index is 2.00. The summed E-state index contributed by atoms with van der Waals surface area (Å²) in [5.41, 5.74) is 0. The number of ether oxygens (including phenoxy) is 2. The molecule has 0 saturated heterocycles. The van der Waals surface area contributed by atoms with Gasteiger partial charge in [-0.3, -0.25) is 0 Å². The first kappa shape index (κ1) is 19.4. The van der Waals surface area contributed by atoms with Crippen molar-refractivity contribution < 1.29 is 22.4 Å². The average molecular weight is 379 g/mol. The van der Waals surface area contributed by atoms with Crippen molar-refractivity contribution in [2.45, 2.75) is 26.2 Å². The lowest BCUT2D eigenvalue weighted by molar-refractivity contribution is 0.333. The summed E-state index contributed by atoms with van der Waals surface area (Å²) in [5, 5.41) is 0. The molecule has 0 spiro atoms. The number of hydrogen-bond donors (Lipinski definition) is 0. The lowest BCUT2D eigenvalue weighted by Gasteiger charge is -2.33. The molecule has 0 aromatic heterocycles. The summed E-state index contributed by atoms with van der Waals surface area (Å²) in [6.07, 6.45) is 0. The maximum absolute atomic E-state index is 6.32. The minimum absolute atomic E-state index is 0.770. The third kappa shape index (κ3) is 6.11. The van der Waals surface area contributed by atoms with E-state index in [1.165, 1.54) is 0 Å². The summed E-state index contributed by atoms with van der Waals surface area (Å²) < 4.78 is 28.9. The summed E-state index contributed by atoms with van der Waals surface area (Å²) in [4.78, 5) is 0. The molecular formula is C18H26O5Si2. The fourth-order valence-electron chi connectivity index (χ4n) is 2.49. The van der Waals surface area contributed by atoms with Gasteiger partial charge < -0.3 is 22.4 Å². The largest absolute Gasteiger partial charge is 0.521 e. The molecule has 136 valence electrons. The van der Waals surface area contributed by atoms with Gasteiger partial charge in [0.25, 0.3) is 0 Å². The van der Waals surface area contributed by atoms with Crippen LogP contribution in [-0.2, 0) is 4.12 Å². The molecule has 0 saturated carbocycles. The van der Waals surface area contributed by atoms with Crippen molar-refractivity contribution in [1.82, 2.24) is 0 Å². The van der Waals surface area contributed by atoms with E-state index in [-0.39, 0.29) is 0 Å². The molecule has 0 radical (unpaired) electrons. The summed E-state index contributed by atoms with van der Waals surface area (Å²) in [6.45, 7) is 8.07. The number of methoxy groups -OCH3 is 2. The zero-order valence-electron chi connectivity index (χ0n) is 15.7. The van der Waals surface area contributed by atoms with Crippen molar-refractivity contribution >= 4 is 17.1 Å². The van der Waals surface area contributed by atoms with Gasteiger partial charge >= 0.3 is 17.1 Å². The summed E-state index contributed by atoms with van der Waals surface area (Å²) in [5.74, 6) is 3.13. The van der Waals surface area contributed by atoms with Crippen LogP contribution in [0.15, 0.2) is 48.5 Å². The second-order valence-corrected chi connectivity index (χ2v) is 13.3. The zero-order valence-corrected chi connectivity index (χ0v) is 17.7. The Hall–Kier alpha value is -1.97. The van der Waals surface area contributed by atoms with Crippen molar-refractivity contribution in [2.24, 2.45) is 0 Å². The van der Waals surface area contributed by atoms with Gasteiger partial charge in [0.1, 0.15) is 23.0 Å². The first-order valence-electron chi connectivity index (χ1n) is 8.09. The molecule has 5 nitrogen and oxygen atoms in total. The number of benzene rings is 2. The van der Waals surface area contributed by atoms with Crippen LogP contribution in [0.4, 0.5) is 0 Å². The van der Waals surface area contributed by atoms with E-state index in [0.29, 0.717) is 0 Å². The molecule has 0 aliphatic carbocycles. The van der Waals surface area contributed by atoms with Gasteiger partial charge in [-0.25, -0.2) is 0 Å². The minimum atomic E-state index is -2.41. The standard InChI is InChI=1S/C18H26O5Si2/c1-19-15-7-11-17(12-8-15)21-24(3,4)23-25(5,6)22-18-13-9-16(20-2)10-14-18/h7-14H,1-6H3. The van der Waals surface area contributed by atoms with Gasteiger partial charge in [-0.1, -0.05) is 0 Å². The van der Waals surface area contributed by atoms with Gasteiger partial charge in [0.2, 0.25) is 0 Å². The van der Waals surface area contributed by atoms with Gasteiger partial charge in [-0.2, -0.15) is 0 Å². The summed E-state index contributed by atoms with van der Waals surface area (Å²) in [6, 6.07) is 15.0. The van der Waals surface area contributed by atoms with Gasteiger partial charge in [0.15, 0.2) is 0 Å². The van der Waals surface area contributed by atoms with Crippen molar-refractivity contribution in [3.63, 3.8) is 0 Å². The molecule has 0 unspecified atom stereocenters. The van der Waals surface area contributed by atoms with E-state index in [9.17, 15) is 0 Å². The SMILES string of the molecule is COc1ccc(O[Si](C)(C)O[Si](C)(C)Oc2ccc(OC)cc2)cc1. The normalized spacial score (nSPS) is 11.8. The van der Waals surface area contributed by atoms with Crippen LogP contribution in [0.1, 0.15) is 0 Å². The molecule has 2 aromatic rings. The second-order valence-electron chi connectivity index (χ2n) is 6.46. The van der Waals surface area contributed by atoms with Gasteiger partial charge in [0, 0.05) is 0 Å². The smallest absolute Gasteiger partial charge is 0.384 e. The second kappa shape index (κ2) is 7.94. The molecule has 2 aromatic carbocycles. The van der Waals surface area contributed by atoms with Crippen molar-refractivity contribution in [3.8, 4) is 23.0 Å². The molecule has 0 amide bonds. The van der Waals surface area contributed by atoms with E-state index in [1.54, 1.807) is 14.2 Å². The highest BCUT2D eigenvalue weighted by Crippen LogP contribution is 2.25. The fourth-order valence-corrected chi connectivity index (χ4v) is 8.96. The lowest BCUT2D eigenvalue weighted by atomic mass is 10.3. The molecule has 0 bridgehead atoms. The van der Waals surface area contributed by atoms with Crippen LogP contribution >= 0.6 is 0 Å². The van der Waals surface area contributed by atoms with Gasteiger partial charge in [-0.15, -0.1) is 0 Å². The van der Waals surface area contributed by atoms with E-state index in [1.807, 2.05) is 74.7 Å². The average Bonchev–Trinajstić information content (AvgIpc) is 2.54. The zero-order chi connectivity index (χ0) is 18.5. The van der Waals surface area contributed by atoms with Crippen LogP contribution in [-0.4, -0.2) is 31.3 Å². The Kier molecular flexibility index (Phi) is 6.15. The maximum Gasteiger partial charge on any atom is 0.384 e. The van der Waals surface area contributed by atoms with Gasteiger partial charge in [-0.05, 0) is 74.7 Å². The Morgan fingerprint density at radius 2 is 0.800 bits per heavy atom. The highest BCUT2D eigenvalue weighted by molar-refractivity contribution is 6.79. The van der Waals surface area contributed by atoms with Crippen LogP contribution in [0.2, 0.25) is 26.2 Å². The number of hydrogen-bond acceptors (Lipinski definition) is 5. The van der Waals surface area contributed by atoms with Crippen LogP contribution < -0.4 is 18.3 Å². The predicted molar refractivity (Wildman–Crippen MR) is 103 cm³/mol. The van der Waals surface area contributed by atoms with E-state index in [0.717, 1.165) is 23.0 Å².